The molecule has 0 aliphatic carbocycles. The Morgan fingerprint density at radius 2 is 1.64 bits per heavy atom. The Hall–Kier alpha value is -0.310. The normalized spacial score (nSPS) is 26.7. The molecule has 0 saturated carbocycles. The van der Waals surface area contributed by atoms with Gasteiger partial charge in [-0.1, -0.05) is 0 Å². The fraction of sp³-hybridized carbons (Fsp3) is 0.900. The Bertz CT molecular complexity index is 515. The molecule has 22 heavy (non-hydrogen) atoms. The van der Waals surface area contributed by atoms with Gasteiger partial charge in [0.05, 0.1) is 27.1 Å². The highest BCUT2D eigenvalue weighted by Gasteiger charge is 2.63. The van der Waals surface area contributed by atoms with Crippen molar-refractivity contribution >= 4 is 21.2 Å². The van der Waals surface area contributed by atoms with Crippen LogP contribution in [0.5, 0.6) is 0 Å². The van der Waals surface area contributed by atoms with Crippen LogP contribution in [0, 0.1) is 5.92 Å². The number of hydrogen-bond acceptors (Lipinski definition) is 4. The van der Waals surface area contributed by atoms with Crippen molar-refractivity contribution < 1.29 is 48.2 Å². The van der Waals surface area contributed by atoms with Gasteiger partial charge in [0.2, 0.25) is 0 Å². The number of rotatable bonds is 5. The molecule has 0 spiro atoms. The Labute approximate surface area is 127 Å². The van der Waals surface area contributed by atoms with Gasteiger partial charge in [-0.05, 0) is 12.8 Å². The predicted octanol–water partition coefficient (Wildman–Crippen LogP) is -0.682. The maximum absolute atomic E-state index is 11.5. The van der Waals surface area contributed by atoms with E-state index in [4.69, 9.17) is 0 Å². The second kappa shape index (κ2) is 5.96. The van der Waals surface area contributed by atoms with E-state index >= 15 is 0 Å². The Morgan fingerprint density at radius 3 is 2.00 bits per heavy atom. The molecule has 0 aromatic rings. The van der Waals surface area contributed by atoms with Gasteiger partial charge in [-0.25, -0.2) is 0 Å². The van der Waals surface area contributed by atoms with Gasteiger partial charge in [0, 0.05) is 0 Å². The summed E-state index contributed by atoms with van der Waals surface area (Å²) in [4.78, 5) is 48.2. The van der Waals surface area contributed by atoms with Gasteiger partial charge in [-0.15, -0.1) is 0 Å². The number of nitrogens with zero attached hydrogens (tertiary/aromatic N) is 1. The monoisotopic (exact) mass is 362 g/mol. The van der Waals surface area contributed by atoms with Crippen LogP contribution in [0.15, 0.2) is 0 Å². The summed E-state index contributed by atoms with van der Waals surface area (Å²) in [6.07, 6.45) is -0.254. The lowest BCUT2D eigenvalue weighted by Gasteiger charge is -2.47. The molecule has 0 aromatic carbocycles. The molecule has 2 atom stereocenters. The van der Waals surface area contributed by atoms with Gasteiger partial charge in [-0.2, -0.15) is 0 Å². The highest BCUT2D eigenvalue weighted by Crippen LogP contribution is 2.69. The van der Waals surface area contributed by atoms with Crippen molar-refractivity contribution in [1.82, 2.24) is 0 Å². The molecule has 10 nitrogen and oxygen atoms in total. The molecule has 2 unspecified atom stereocenters. The van der Waals surface area contributed by atoms with Gasteiger partial charge in [-0.3, -0.25) is 13.9 Å². The van der Waals surface area contributed by atoms with E-state index in [-0.39, 0.29) is 10.9 Å². The van der Waals surface area contributed by atoms with E-state index < -0.39 is 44.6 Å². The maximum Gasteiger partial charge on any atom is 0.369 e. The zero-order valence-electron chi connectivity index (χ0n) is 12.2. The van der Waals surface area contributed by atoms with Crippen molar-refractivity contribution in [3.05, 3.63) is 0 Å². The largest absolute Gasteiger partial charge is 0.481 e. The molecule has 6 N–H and O–H groups in total. The first-order valence-electron chi connectivity index (χ1n) is 6.52. The first-order chi connectivity index (χ1) is 9.63. The minimum Gasteiger partial charge on any atom is -0.481 e. The molecule has 0 amide bonds. The third kappa shape index (κ3) is 3.60. The van der Waals surface area contributed by atoms with Crippen molar-refractivity contribution in [1.29, 1.82) is 0 Å². The number of quaternary nitrogens is 1. The number of piperidine rings is 1. The molecule has 1 fully saturated rings. The molecular formula is C10H22NO9P2+. The zero-order valence-corrected chi connectivity index (χ0v) is 14.0. The summed E-state index contributed by atoms with van der Waals surface area (Å²) < 4.78 is 22.9. The summed E-state index contributed by atoms with van der Waals surface area (Å²) >= 11 is 0. The molecule has 1 saturated heterocycles. The van der Waals surface area contributed by atoms with Crippen LogP contribution in [0.25, 0.3) is 0 Å². The number of likely N-dealkylation sites (tertiary alicyclic amines) is 1. The summed E-state index contributed by atoms with van der Waals surface area (Å²) in [5, 5.41) is 15.7. The second-order valence-corrected chi connectivity index (χ2v) is 10.2. The van der Waals surface area contributed by atoms with Crippen molar-refractivity contribution in [3.63, 3.8) is 0 Å². The maximum atomic E-state index is 11.5. The summed E-state index contributed by atoms with van der Waals surface area (Å²) in [7, 11) is -8.01. The molecule has 0 aromatic heterocycles. The van der Waals surface area contributed by atoms with Gasteiger partial charge in [0.1, 0.15) is 12.0 Å². The highest BCUT2D eigenvalue weighted by molar-refractivity contribution is 7.72. The number of carbonyl (C=O) groups is 1. The first kappa shape index (κ1) is 19.7. The molecule has 1 aliphatic heterocycles. The number of carboxylic acids is 1. The van der Waals surface area contributed by atoms with Crippen molar-refractivity contribution in [2.24, 2.45) is 5.92 Å². The first-order valence-corrected chi connectivity index (χ1v) is 9.75. The molecule has 1 aliphatic rings. The molecule has 130 valence electrons. The Kier molecular flexibility index (Phi) is 5.35. The van der Waals surface area contributed by atoms with E-state index in [1.165, 1.54) is 0 Å². The van der Waals surface area contributed by atoms with Crippen molar-refractivity contribution in [2.45, 2.75) is 30.4 Å². The Balaban J connectivity index is 3.33. The van der Waals surface area contributed by atoms with Crippen LogP contribution < -0.4 is 0 Å². The number of hydrogen-bond donors (Lipinski definition) is 6. The standard InChI is InChI=1S/C10H21NO9P2/c1-11(2)5-3-4-7(9(12)13)8(11)6-10(14,21(15,16)17)22(18,19)20/h7-8,14H,3-6H2,1-2H3,(H4-,12,13,15,16,17,18,19,20)/p+1. The molecule has 0 bridgehead atoms. The zero-order chi connectivity index (χ0) is 17.6. The average molecular weight is 362 g/mol. The molecule has 1 heterocycles. The number of aliphatic hydroxyl groups is 1. The van der Waals surface area contributed by atoms with Crippen LogP contribution in [0.2, 0.25) is 0 Å². The van der Waals surface area contributed by atoms with Crippen LogP contribution >= 0.6 is 15.2 Å². The van der Waals surface area contributed by atoms with Gasteiger partial charge >= 0.3 is 21.2 Å². The number of carboxylic acid groups (broad SMARTS) is 1. The number of aliphatic carboxylic acids is 1. The van der Waals surface area contributed by atoms with E-state index in [1.54, 1.807) is 14.1 Å². The summed E-state index contributed by atoms with van der Waals surface area (Å²) in [6.45, 7) is 0.465. The van der Waals surface area contributed by atoms with Crippen molar-refractivity contribution in [3.8, 4) is 0 Å². The minimum atomic E-state index is -5.60. The van der Waals surface area contributed by atoms with Gasteiger partial charge in [0.15, 0.2) is 0 Å². The third-order valence-electron chi connectivity index (χ3n) is 4.35. The topological polar surface area (TPSA) is 173 Å². The van der Waals surface area contributed by atoms with Crippen LogP contribution in [-0.2, 0) is 13.9 Å². The highest BCUT2D eigenvalue weighted by atomic mass is 31.2. The summed E-state index contributed by atoms with van der Waals surface area (Å²) in [5.41, 5.74) is 0. The van der Waals surface area contributed by atoms with Crippen LogP contribution in [-0.4, -0.2) is 72.0 Å². The van der Waals surface area contributed by atoms with Crippen molar-refractivity contribution in [2.75, 3.05) is 20.6 Å². The van der Waals surface area contributed by atoms with Gasteiger partial charge < -0.3 is 34.3 Å². The molecule has 0 radical (unpaired) electrons. The molecular weight excluding hydrogens is 340 g/mol. The molecule has 1 rings (SSSR count). The van der Waals surface area contributed by atoms with E-state index in [1.807, 2.05) is 0 Å². The van der Waals surface area contributed by atoms with E-state index in [2.05, 4.69) is 0 Å². The van der Waals surface area contributed by atoms with E-state index in [9.17, 15) is 43.7 Å². The fourth-order valence-electron chi connectivity index (χ4n) is 2.93. The van der Waals surface area contributed by atoms with E-state index in [0.29, 0.717) is 13.0 Å². The summed E-state index contributed by atoms with van der Waals surface area (Å²) in [6, 6.07) is -1.04. The fourth-order valence-corrected chi connectivity index (χ4v) is 5.14. The average Bonchev–Trinajstić information content (AvgIpc) is 2.27. The van der Waals surface area contributed by atoms with Gasteiger partial charge in [0.25, 0.3) is 5.08 Å². The van der Waals surface area contributed by atoms with E-state index in [0.717, 1.165) is 0 Å². The lowest BCUT2D eigenvalue weighted by atomic mass is 9.86. The third-order valence-corrected chi connectivity index (χ3v) is 8.14. The summed E-state index contributed by atoms with van der Waals surface area (Å²) in [5.74, 6) is -2.29. The van der Waals surface area contributed by atoms with Crippen LogP contribution in [0.3, 0.4) is 0 Å². The lowest BCUT2D eigenvalue weighted by molar-refractivity contribution is -0.923. The Morgan fingerprint density at radius 1 is 1.18 bits per heavy atom. The SMILES string of the molecule is C[N+]1(C)CCCC(C(=O)O)C1CC(O)(P(=O)(O)O)P(=O)(O)O. The minimum absolute atomic E-state index is 0.0146. The van der Waals surface area contributed by atoms with Crippen LogP contribution in [0.4, 0.5) is 0 Å². The lowest BCUT2D eigenvalue weighted by Crippen LogP contribution is -2.59. The van der Waals surface area contributed by atoms with Crippen LogP contribution in [0.1, 0.15) is 19.3 Å². The smallest absolute Gasteiger partial charge is 0.369 e. The second-order valence-electron chi connectivity index (χ2n) is 6.22. The molecule has 12 heteroatoms. The predicted molar refractivity (Wildman–Crippen MR) is 74.8 cm³/mol. The quantitative estimate of drug-likeness (QED) is 0.273.